The summed E-state index contributed by atoms with van der Waals surface area (Å²) < 4.78 is 1.32. The quantitative estimate of drug-likeness (QED) is 0.0643. The number of aromatic nitrogens is 4. The van der Waals surface area contributed by atoms with E-state index in [2.05, 4.69) is 45.0 Å². The van der Waals surface area contributed by atoms with Crippen molar-refractivity contribution in [3.63, 3.8) is 0 Å². The van der Waals surface area contributed by atoms with E-state index in [4.69, 9.17) is 16.6 Å². The minimum absolute atomic E-state index is 0.00201. The van der Waals surface area contributed by atoms with E-state index in [1.54, 1.807) is 34.4 Å². The predicted molar refractivity (Wildman–Crippen MR) is 264 cm³/mol. The van der Waals surface area contributed by atoms with Crippen LogP contribution in [0.15, 0.2) is 59.0 Å². The fourth-order valence-corrected chi connectivity index (χ4v) is 11.8. The molecular weight excluding hydrogens is 914 g/mol. The van der Waals surface area contributed by atoms with Crippen LogP contribution in [0.3, 0.4) is 0 Å². The Morgan fingerprint density at radius 1 is 0.955 bits per heavy atom. The smallest absolute Gasteiger partial charge is 0.247 e. The van der Waals surface area contributed by atoms with Crippen LogP contribution in [0, 0.1) is 27.7 Å². The third-order valence-electron chi connectivity index (χ3n) is 12.2. The Morgan fingerprint density at radius 3 is 2.36 bits per heavy atom. The Morgan fingerprint density at radius 2 is 1.67 bits per heavy atom. The Labute approximate surface area is 403 Å². The largest absolute Gasteiger partial charge is 0.391 e. The molecule has 4 amide bonds. The van der Waals surface area contributed by atoms with Gasteiger partial charge in [-0.15, -0.1) is 32.9 Å². The number of unbranched alkanes of at least 4 members (excludes halogenated alkanes) is 3. The molecule has 350 valence electrons. The number of carbonyl (C=O) groups excluding carboxylic acids is 4. The van der Waals surface area contributed by atoms with Crippen molar-refractivity contribution in [1.82, 2.24) is 40.6 Å². The number of amides is 4. The van der Waals surface area contributed by atoms with Crippen molar-refractivity contribution >= 4 is 75.4 Å². The van der Waals surface area contributed by atoms with Gasteiger partial charge >= 0.3 is 0 Å². The van der Waals surface area contributed by atoms with Crippen LogP contribution in [0.5, 0.6) is 0 Å². The summed E-state index contributed by atoms with van der Waals surface area (Å²) in [4.78, 5) is 66.9. The molecule has 0 bridgehead atoms. The number of nitrogens with zero attached hydrogens (tertiary/aromatic N) is 6. The van der Waals surface area contributed by atoms with Crippen LogP contribution in [0.1, 0.15) is 110 Å². The van der Waals surface area contributed by atoms with Crippen LogP contribution in [0.4, 0.5) is 0 Å². The van der Waals surface area contributed by atoms with Gasteiger partial charge in [0.15, 0.2) is 5.82 Å². The fourth-order valence-electron chi connectivity index (χ4n) is 8.48. The number of aliphatic hydroxyl groups excluding tert-OH is 1. The zero-order valence-corrected chi connectivity index (χ0v) is 41.6. The molecule has 66 heavy (non-hydrogen) atoms. The zero-order chi connectivity index (χ0) is 47.3. The van der Waals surface area contributed by atoms with Gasteiger partial charge in [-0.05, 0) is 89.0 Å². The van der Waals surface area contributed by atoms with Gasteiger partial charge in [-0.25, -0.2) is 4.98 Å². The highest BCUT2D eigenvalue weighted by atomic mass is 35.5. The van der Waals surface area contributed by atoms with Crippen LogP contribution >= 0.6 is 46.0 Å². The van der Waals surface area contributed by atoms with Crippen molar-refractivity contribution in [2.75, 3.05) is 18.8 Å². The Kier molecular flexibility index (Phi) is 15.8. The second-order valence-corrected chi connectivity index (χ2v) is 21.8. The number of thiazole rings is 1. The topological polar surface area (TPSA) is 184 Å². The van der Waals surface area contributed by atoms with Crippen molar-refractivity contribution in [2.24, 2.45) is 4.99 Å². The maximum absolute atomic E-state index is 14.2. The number of benzene rings is 2. The number of fused-ring (bicyclic) bond motifs is 3. The van der Waals surface area contributed by atoms with Crippen LogP contribution in [0.25, 0.3) is 15.4 Å². The van der Waals surface area contributed by atoms with E-state index in [0.29, 0.717) is 17.4 Å². The lowest BCUT2D eigenvalue weighted by Crippen LogP contribution is -2.59. The van der Waals surface area contributed by atoms with Crippen molar-refractivity contribution < 1.29 is 24.3 Å². The lowest BCUT2D eigenvalue weighted by atomic mass is 9.99. The molecule has 3 aromatic heterocycles. The summed E-state index contributed by atoms with van der Waals surface area (Å²) in [5.74, 6) is 0.886. The normalized spacial score (nSPS) is 17.4. The Balaban J connectivity index is 0.884. The molecule has 0 saturated carbocycles. The summed E-state index contributed by atoms with van der Waals surface area (Å²) >= 11 is 11.1. The van der Waals surface area contributed by atoms with Gasteiger partial charge in [-0.1, -0.05) is 60.8 Å². The number of rotatable bonds is 18. The molecule has 0 aliphatic carbocycles. The number of nitrogens with one attached hydrogen (secondary N) is 3. The van der Waals surface area contributed by atoms with Crippen molar-refractivity contribution in [3.8, 4) is 15.4 Å². The Hall–Kier alpha value is -4.94. The number of hydrogen-bond donors (Lipinski definition) is 4. The molecule has 1 saturated heterocycles. The number of aliphatic hydroxyl groups is 1. The monoisotopic (exact) mass is 971 g/mol. The highest BCUT2D eigenvalue weighted by molar-refractivity contribution is 8.00. The van der Waals surface area contributed by atoms with Gasteiger partial charge in [-0.2, -0.15) is 11.8 Å². The van der Waals surface area contributed by atoms with E-state index in [9.17, 15) is 24.3 Å². The average molecular weight is 973 g/mol. The van der Waals surface area contributed by atoms with Crippen molar-refractivity contribution in [2.45, 2.75) is 123 Å². The molecule has 0 spiro atoms. The molecular formula is C48H58ClN9O5S3. The molecule has 14 nitrogen and oxygen atoms in total. The number of halogens is 1. The number of β-amino-alcohol motifs (C(OH)–C–C–N with tert-alkyl or cyclic N) is 1. The van der Waals surface area contributed by atoms with Crippen LogP contribution in [-0.2, 0) is 25.7 Å². The van der Waals surface area contributed by atoms with E-state index in [1.165, 1.54) is 16.7 Å². The average Bonchev–Trinajstić information content (AvgIpc) is 4.05. The molecule has 2 aromatic carbocycles. The fraction of sp³-hybridized carbons (Fsp3) is 0.458. The predicted octanol–water partition coefficient (Wildman–Crippen LogP) is 7.59. The molecule has 2 aliphatic heterocycles. The number of hydrogen-bond acceptors (Lipinski definition) is 12. The molecule has 4 N–H and O–H groups in total. The molecule has 5 heterocycles. The van der Waals surface area contributed by atoms with Crippen molar-refractivity contribution in [3.05, 3.63) is 104 Å². The number of thiophene rings is 1. The third-order valence-corrected chi connectivity index (χ3v) is 16.1. The number of thioether (sulfide) groups is 1. The van der Waals surface area contributed by atoms with E-state index < -0.39 is 34.9 Å². The molecule has 0 radical (unpaired) electrons. The number of aliphatic imine (C=N–C) groups is 1. The summed E-state index contributed by atoms with van der Waals surface area (Å²) in [7, 11) is 0. The maximum atomic E-state index is 14.2. The molecule has 18 heteroatoms. The SMILES string of the molecule is CC(=O)N[C@@H](C(=O)N1C[C@H](O)C[C@H]1C(=O)NCc1ccc(-c2scnc2C)cc1)C(C)(C)SCCCCCCNC(=O)C[C@@H]1N=C(c2ccc(Cl)cc2)c2c(sc(C)c2C)-n2c(C)nnc21. The second kappa shape index (κ2) is 21.3. The molecule has 1 fully saturated rings. The van der Waals surface area contributed by atoms with E-state index in [0.717, 1.165) is 86.4 Å². The Bertz CT molecular complexity index is 2590. The number of aryl methyl sites for hydroxylation is 3. The molecule has 0 unspecified atom stereocenters. The zero-order valence-electron chi connectivity index (χ0n) is 38.4. The summed E-state index contributed by atoms with van der Waals surface area (Å²) in [5.41, 5.74) is 8.61. The summed E-state index contributed by atoms with van der Waals surface area (Å²) in [6, 6.07) is 13.2. The lowest BCUT2D eigenvalue weighted by molar-refractivity contribution is -0.142. The van der Waals surface area contributed by atoms with E-state index in [1.807, 2.05) is 86.3 Å². The van der Waals surface area contributed by atoms with Crippen LogP contribution in [-0.4, -0.2) is 101 Å². The van der Waals surface area contributed by atoms with Crippen LogP contribution < -0.4 is 16.0 Å². The van der Waals surface area contributed by atoms with Gasteiger partial charge in [0.25, 0.3) is 0 Å². The van der Waals surface area contributed by atoms with Gasteiger partial charge in [-0.3, -0.25) is 28.7 Å². The lowest BCUT2D eigenvalue weighted by Gasteiger charge is -2.37. The van der Waals surface area contributed by atoms with Gasteiger partial charge < -0.3 is 26.0 Å². The first-order valence-electron chi connectivity index (χ1n) is 22.3. The summed E-state index contributed by atoms with van der Waals surface area (Å²) in [6.07, 6.45) is 2.82. The third kappa shape index (κ3) is 11.2. The highest BCUT2D eigenvalue weighted by Gasteiger charge is 2.46. The minimum atomic E-state index is -0.920. The van der Waals surface area contributed by atoms with Crippen LogP contribution in [0.2, 0.25) is 5.02 Å². The second-order valence-electron chi connectivity index (χ2n) is 17.5. The molecule has 7 rings (SSSR count). The molecule has 5 aromatic rings. The first kappa shape index (κ1) is 49.0. The highest BCUT2D eigenvalue weighted by Crippen LogP contribution is 2.40. The minimum Gasteiger partial charge on any atom is -0.391 e. The number of likely N-dealkylation sites (tertiary alicyclic amines) is 1. The molecule has 4 atom stereocenters. The van der Waals surface area contributed by atoms with Gasteiger partial charge in [0, 0.05) is 58.8 Å². The summed E-state index contributed by atoms with van der Waals surface area (Å²) in [5, 5.41) is 30.1. The molecule has 2 aliphatic rings. The van der Waals surface area contributed by atoms with Crippen molar-refractivity contribution in [1.29, 1.82) is 0 Å². The van der Waals surface area contributed by atoms with Gasteiger partial charge in [0.05, 0.1) is 34.3 Å². The number of carbonyl (C=O) groups is 4. The maximum Gasteiger partial charge on any atom is 0.247 e. The van der Waals surface area contributed by atoms with Gasteiger partial charge in [0.2, 0.25) is 23.6 Å². The van der Waals surface area contributed by atoms with E-state index >= 15 is 0 Å². The standard InChI is InChI=1S/C48H58ClN9O5S3/c1-27-29(3)66-47-40(27)41(33-16-18-35(49)19-17-33)54-37(44-56-55-30(4)58(44)47)23-39(61)50-20-10-8-9-11-21-65-48(6,7)43(53-31(5)59)46(63)57-25-36(60)22-38(57)45(62)51-24-32-12-14-34(15-13-32)42-28(2)52-26-64-42/h12-19,26,36-38,43,60H,8-11,20-25H2,1-7H3,(H,50,61)(H,51,62)(H,53,59)/t36-,37+,38+,43+/m1/s1. The first-order valence-corrected chi connectivity index (χ1v) is 25.4. The van der Waals surface area contributed by atoms with E-state index in [-0.39, 0.29) is 43.7 Å². The first-order chi connectivity index (χ1) is 31.5. The summed E-state index contributed by atoms with van der Waals surface area (Å²) in [6.45, 7) is 14.1. The van der Waals surface area contributed by atoms with Gasteiger partial charge in [0.1, 0.15) is 29.0 Å².